The number of carbonyl (C=O) groups is 1. The monoisotopic (exact) mass is 327 g/mol. The lowest BCUT2D eigenvalue weighted by atomic mass is 10.1. The van der Waals surface area contributed by atoms with Gasteiger partial charge >= 0.3 is 5.97 Å². The van der Waals surface area contributed by atoms with Crippen molar-refractivity contribution in [2.24, 2.45) is 0 Å². The van der Waals surface area contributed by atoms with Crippen LogP contribution in [0.25, 0.3) is 0 Å². The van der Waals surface area contributed by atoms with Crippen LogP contribution in [-0.2, 0) is 4.74 Å². The Kier molecular flexibility index (Phi) is 4.37. The van der Waals surface area contributed by atoms with E-state index in [4.69, 9.17) is 0 Å². The molecule has 6 heteroatoms. The smallest absolute Gasteiger partial charge is 0.341 e. The summed E-state index contributed by atoms with van der Waals surface area (Å²) in [6.45, 7) is 1.76. The summed E-state index contributed by atoms with van der Waals surface area (Å²) in [5, 5.41) is 0. The minimum Gasteiger partial charge on any atom is -0.462 e. The molecule has 0 atom stereocenters. The number of nitrogens with zero attached hydrogens (tertiary/aromatic N) is 1. The Bertz CT molecular complexity index is 371. The van der Waals surface area contributed by atoms with E-state index in [2.05, 4.69) is 9.72 Å². The zero-order valence-electron chi connectivity index (χ0n) is 7.84. The van der Waals surface area contributed by atoms with Crippen LogP contribution in [0.4, 0.5) is 8.78 Å². The predicted octanol–water partition coefficient (Wildman–Crippen LogP) is 2.80. The van der Waals surface area contributed by atoms with Gasteiger partial charge in [0.25, 0.3) is 6.43 Å². The molecule has 82 valence electrons. The number of halogens is 3. The van der Waals surface area contributed by atoms with Crippen LogP contribution in [0.15, 0.2) is 12.3 Å². The number of esters is 1. The fraction of sp³-hybridized carbons (Fsp3) is 0.333. The molecule has 0 unspecified atom stereocenters. The third-order valence-corrected chi connectivity index (χ3v) is 2.47. The Morgan fingerprint density at radius 1 is 1.67 bits per heavy atom. The highest BCUT2D eigenvalue weighted by Crippen LogP contribution is 2.25. The summed E-state index contributed by atoms with van der Waals surface area (Å²) in [4.78, 5) is 15.2. The van der Waals surface area contributed by atoms with Crippen molar-refractivity contribution in [2.45, 2.75) is 13.3 Å². The van der Waals surface area contributed by atoms with Gasteiger partial charge < -0.3 is 4.74 Å². The summed E-state index contributed by atoms with van der Waals surface area (Å²) in [6.07, 6.45) is -1.47. The highest BCUT2D eigenvalue weighted by Gasteiger charge is 2.22. The van der Waals surface area contributed by atoms with E-state index in [1.54, 1.807) is 29.5 Å². The van der Waals surface area contributed by atoms with E-state index in [1.165, 1.54) is 6.20 Å². The van der Waals surface area contributed by atoms with Gasteiger partial charge in [0.1, 0.15) is 9.26 Å². The maximum Gasteiger partial charge on any atom is 0.341 e. The molecule has 1 rings (SSSR count). The third-order valence-electron chi connectivity index (χ3n) is 1.65. The van der Waals surface area contributed by atoms with Crippen LogP contribution in [0.2, 0.25) is 0 Å². The SMILES string of the molecule is CCOC(=O)c1c(C(F)F)ccnc1I. The maximum atomic E-state index is 12.6. The number of hydrogen-bond donors (Lipinski definition) is 0. The lowest BCUT2D eigenvalue weighted by Gasteiger charge is -2.08. The first-order valence-corrected chi connectivity index (χ1v) is 5.25. The molecule has 0 bridgehead atoms. The second-order valence-corrected chi connectivity index (χ2v) is 3.61. The second kappa shape index (κ2) is 5.34. The van der Waals surface area contributed by atoms with Crippen molar-refractivity contribution in [3.63, 3.8) is 0 Å². The largest absolute Gasteiger partial charge is 0.462 e. The summed E-state index contributed by atoms with van der Waals surface area (Å²) in [6, 6.07) is 1.12. The van der Waals surface area contributed by atoms with E-state index in [9.17, 15) is 13.6 Å². The fourth-order valence-corrected chi connectivity index (χ4v) is 1.73. The zero-order chi connectivity index (χ0) is 11.4. The molecule has 0 fully saturated rings. The minimum atomic E-state index is -2.71. The van der Waals surface area contributed by atoms with Crippen molar-refractivity contribution >= 4 is 28.6 Å². The quantitative estimate of drug-likeness (QED) is 0.487. The number of rotatable bonds is 3. The Hall–Kier alpha value is -0.790. The molecule has 3 nitrogen and oxygen atoms in total. The second-order valence-electron chi connectivity index (χ2n) is 2.59. The number of pyridine rings is 1. The third kappa shape index (κ3) is 2.83. The molecule has 0 aliphatic carbocycles. The standard InChI is InChI=1S/C9H8F2INO2/c1-2-15-9(14)6-5(7(10)11)3-4-13-8(6)12/h3-4,7H,2H2,1H3. The lowest BCUT2D eigenvalue weighted by molar-refractivity contribution is 0.0513. The van der Waals surface area contributed by atoms with Gasteiger partial charge in [-0.25, -0.2) is 18.6 Å². The number of ether oxygens (including phenoxy) is 1. The van der Waals surface area contributed by atoms with E-state index < -0.39 is 12.4 Å². The topological polar surface area (TPSA) is 39.2 Å². The molecule has 0 aliphatic heterocycles. The van der Waals surface area contributed by atoms with Crippen molar-refractivity contribution < 1.29 is 18.3 Å². The summed E-state index contributed by atoms with van der Waals surface area (Å²) < 4.78 is 30.0. The number of alkyl halides is 2. The molecule has 0 saturated carbocycles. The molecular weight excluding hydrogens is 319 g/mol. The lowest BCUT2D eigenvalue weighted by Crippen LogP contribution is -2.11. The summed E-state index contributed by atoms with van der Waals surface area (Å²) >= 11 is 1.73. The van der Waals surface area contributed by atoms with Crippen LogP contribution in [0.5, 0.6) is 0 Å². The van der Waals surface area contributed by atoms with Crippen molar-refractivity contribution in [1.29, 1.82) is 0 Å². The van der Waals surface area contributed by atoms with E-state index in [0.29, 0.717) is 0 Å². The number of carbonyl (C=O) groups excluding carboxylic acids is 1. The minimum absolute atomic E-state index is 0.144. The molecule has 0 spiro atoms. The highest BCUT2D eigenvalue weighted by atomic mass is 127. The van der Waals surface area contributed by atoms with Crippen LogP contribution >= 0.6 is 22.6 Å². The Balaban J connectivity index is 3.18. The molecule has 0 radical (unpaired) electrons. The van der Waals surface area contributed by atoms with Crippen LogP contribution < -0.4 is 0 Å². The average Bonchev–Trinajstić information content (AvgIpc) is 2.17. The fourth-order valence-electron chi connectivity index (χ4n) is 1.04. The summed E-state index contributed by atoms with van der Waals surface area (Å²) in [5.41, 5.74) is -0.484. The van der Waals surface area contributed by atoms with Crippen LogP contribution in [0.1, 0.15) is 29.3 Å². The van der Waals surface area contributed by atoms with Crippen molar-refractivity contribution in [2.75, 3.05) is 6.61 Å². The molecule has 0 N–H and O–H groups in total. The Morgan fingerprint density at radius 2 is 2.33 bits per heavy atom. The highest BCUT2D eigenvalue weighted by molar-refractivity contribution is 14.1. The number of aromatic nitrogens is 1. The molecule has 1 heterocycles. The molecule has 1 aromatic rings. The molecule has 0 amide bonds. The van der Waals surface area contributed by atoms with Gasteiger partial charge in [0.05, 0.1) is 6.61 Å². The molecule has 1 aromatic heterocycles. The normalized spacial score (nSPS) is 10.5. The van der Waals surface area contributed by atoms with Gasteiger partial charge in [0.15, 0.2) is 0 Å². The van der Waals surface area contributed by atoms with Crippen molar-refractivity contribution in [1.82, 2.24) is 4.98 Å². The number of hydrogen-bond acceptors (Lipinski definition) is 3. The summed E-state index contributed by atoms with van der Waals surface area (Å²) in [5.74, 6) is -0.759. The Morgan fingerprint density at radius 3 is 2.87 bits per heavy atom. The van der Waals surface area contributed by atoms with E-state index in [1.807, 2.05) is 0 Å². The first-order chi connectivity index (χ1) is 7.07. The van der Waals surface area contributed by atoms with Gasteiger partial charge in [-0.2, -0.15) is 0 Å². The van der Waals surface area contributed by atoms with E-state index in [0.717, 1.165) is 6.07 Å². The molecule has 0 aromatic carbocycles. The zero-order valence-corrected chi connectivity index (χ0v) is 9.99. The van der Waals surface area contributed by atoms with Crippen molar-refractivity contribution in [3.8, 4) is 0 Å². The molecule has 0 aliphatic rings. The van der Waals surface area contributed by atoms with Crippen LogP contribution in [0.3, 0.4) is 0 Å². The molecule has 15 heavy (non-hydrogen) atoms. The van der Waals surface area contributed by atoms with Gasteiger partial charge in [0.2, 0.25) is 0 Å². The Labute approximate surface area is 99.0 Å². The van der Waals surface area contributed by atoms with Gasteiger partial charge in [-0.1, -0.05) is 0 Å². The first kappa shape index (κ1) is 12.3. The van der Waals surface area contributed by atoms with Gasteiger partial charge in [-0.05, 0) is 35.6 Å². The van der Waals surface area contributed by atoms with E-state index >= 15 is 0 Å². The average molecular weight is 327 g/mol. The summed E-state index contributed by atoms with van der Waals surface area (Å²) in [7, 11) is 0. The molecular formula is C9H8F2INO2. The van der Waals surface area contributed by atoms with Gasteiger partial charge in [-0.3, -0.25) is 0 Å². The van der Waals surface area contributed by atoms with E-state index in [-0.39, 0.29) is 21.4 Å². The van der Waals surface area contributed by atoms with Crippen LogP contribution in [0, 0.1) is 3.70 Å². The van der Waals surface area contributed by atoms with Gasteiger partial charge in [-0.15, -0.1) is 0 Å². The van der Waals surface area contributed by atoms with Crippen molar-refractivity contribution in [3.05, 3.63) is 27.1 Å². The molecule has 0 saturated heterocycles. The first-order valence-electron chi connectivity index (χ1n) is 4.17. The van der Waals surface area contributed by atoms with Gasteiger partial charge in [0, 0.05) is 11.8 Å². The maximum absolute atomic E-state index is 12.6. The van der Waals surface area contributed by atoms with Crippen LogP contribution in [-0.4, -0.2) is 17.6 Å². The predicted molar refractivity (Wildman–Crippen MR) is 57.9 cm³/mol.